The van der Waals surface area contributed by atoms with Crippen molar-refractivity contribution in [2.45, 2.75) is 20.5 Å². The Labute approximate surface area is 243 Å². The molecule has 0 unspecified atom stereocenters. The molecular weight excluding hydrogens is 639 g/mol. The van der Waals surface area contributed by atoms with Crippen molar-refractivity contribution in [2.24, 2.45) is 0 Å². The number of aryl methyl sites for hydroxylation is 1. The summed E-state index contributed by atoms with van der Waals surface area (Å²) < 4.78 is 12.7. The number of rotatable bonds is 9. The van der Waals surface area contributed by atoms with E-state index in [1.54, 1.807) is 36.4 Å². The van der Waals surface area contributed by atoms with E-state index in [2.05, 4.69) is 34.0 Å². The fraction of sp³-hybridized carbons (Fsp3) is 0.179. The maximum Gasteiger partial charge on any atom is 0.294 e. The van der Waals surface area contributed by atoms with Crippen molar-refractivity contribution < 1.29 is 23.9 Å². The lowest BCUT2D eigenvalue weighted by atomic mass is 10.1. The number of thioether (sulfide) groups is 1. The molecule has 0 aromatic heterocycles. The van der Waals surface area contributed by atoms with Crippen LogP contribution in [0.15, 0.2) is 65.6 Å². The van der Waals surface area contributed by atoms with Crippen molar-refractivity contribution >= 4 is 74.8 Å². The zero-order valence-corrected chi connectivity index (χ0v) is 24.4. The van der Waals surface area contributed by atoms with Crippen molar-refractivity contribution in [2.75, 3.05) is 18.5 Å². The van der Waals surface area contributed by atoms with Crippen LogP contribution in [0.1, 0.15) is 23.6 Å². The Kier molecular flexibility index (Phi) is 9.35. The minimum atomic E-state index is -0.540. The van der Waals surface area contributed by atoms with Gasteiger partial charge in [0.2, 0.25) is 5.91 Å². The predicted octanol–water partition coefficient (Wildman–Crippen LogP) is 6.91. The summed E-state index contributed by atoms with van der Waals surface area (Å²) in [7, 11) is 0. The molecule has 7 nitrogen and oxygen atoms in total. The Morgan fingerprint density at radius 2 is 1.89 bits per heavy atom. The van der Waals surface area contributed by atoms with E-state index < -0.39 is 23.6 Å². The quantitative estimate of drug-likeness (QED) is 0.198. The van der Waals surface area contributed by atoms with Crippen LogP contribution in [0, 0.1) is 10.5 Å². The van der Waals surface area contributed by atoms with Crippen molar-refractivity contribution in [3.8, 4) is 11.5 Å². The van der Waals surface area contributed by atoms with E-state index in [4.69, 9.17) is 21.1 Å². The van der Waals surface area contributed by atoms with Crippen LogP contribution in [0.25, 0.3) is 6.08 Å². The lowest BCUT2D eigenvalue weighted by Crippen LogP contribution is -2.36. The molecule has 0 saturated carbocycles. The number of benzene rings is 3. The highest BCUT2D eigenvalue weighted by molar-refractivity contribution is 14.1. The van der Waals surface area contributed by atoms with Crippen LogP contribution >= 0.6 is 46.0 Å². The van der Waals surface area contributed by atoms with Crippen molar-refractivity contribution in [3.05, 3.63) is 90.9 Å². The molecule has 1 fully saturated rings. The summed E-state index contributed by atoms with van der Waals surface area (Å²) in [5.41, 5.74) is 3.27. The van der Waals surface area contributed by atoms with E-state index in [9.17, 15) is 14.4 Å². The number of hydrogen-bond donors (Lipinski definition) is 1. The number of nitrogens with one attached hydrogen (secondary N) is 1. The molecule has 0 aliphatic carbocycles. The van der Waals surface area contributed by atoms with Gasteiger partial charge >= 0.3 is 0 Å². The molecule has 38 heavy (non-hydrogen) atoms. The minimum Gasteiger partial charge on any atom is -0.490 e. The first-order valence-corrected chi connectivity index (χ1v) is 14.0. The van der Waals surface area contributed by atoms with Gasteiger partial charge in [-0.3, -0.25) is 19.3 Å². The largest absolute Gasteiger partial charge is 0.490 e. The van der Waals surface area contributed by atoms with Gasteiger partial charge in [-0.2, -0.15) is 0 Å². The van der Waals surface area contributed by atoms with Gasteiger partial charge in [-0.25, -0.2) is 0 Å². The average Bonchev–Trinajstić information content (AvgIpc) is 3.12. The number of halogens is 2. The van der Waals surface area contributed by atoms with Gasteiger partial charge in [0.1, 0.15) is 13.2 Å². The molecule has 1 heterocycles. The predicted molar refractivity (Wildman–Crippen MR) is 159 cm³/mol. The Morgan fingerprint density at radius 1 is 1.11 bits per heavy atom. The summed E-state index contributed by atoms with van der Waals surface area (Å²) in [6.45, 7) is 4.30. The number of carbonyl (C=O) groups is 3. The number of hydrogen-bond acceptors (Lipinski definition) is 6. The molecule has 3 aromatic rings. The second-order valence-corrected chi connectivity index (χ2v) is 10.9. The molecule has 1 N–H and O–H groups in total. The fourth-order valence-corrected chi connectivity index (χ4v) is 5.52. The molecule has 1 aliphatic rings. The van der Waals surface area contributed by atoms with Gasteiger partial charge < -0.3 is 14.8 Å². The zero-order chi connectivity index (χ0) is 27.2. The van der Waals surface area contributed by atoms with Crippen LogP contribution in [0.2, 0.25) is 5.02 Å². The van der Waals surface area contributed by atoms with Gasteiger partial charge in [0.05, 0.1) is 25.8 Å². The maximum atomic E-state index is 13.0. The first-order valence-electron chi connectivity index (χ1n) is 11.7. The third kappa shape index (κ3) is 6.89. The number of amides is 3. The summed E-state index contributed by atoms with van der Waals surface area (Å²) in [4.78, 5) is 39.1. The van der Waals surface area contributed by atoms with E-state index in [-0.39, 0.29) is 4.91 Å². The molecule has 0 bridgehead atoms. The summed E-state index contributed by atoms with van der Waals surface area (Å²) in [6, 6.07) is 18.4. The van der Waals surface area contributed by atoms with Crippen LogP contribution < -0.4 is 14.8 Å². The van der Waals surface area contributed by atoms with Gasteiger partial charge in [0, 0.05) is 0 Å². The minimum absolute atomic E-state index is 0.215. The number of para-hydroxylation sites is 1. The normalized spacial score (nSPS) is 14.2. The molecule has 0 spiro atoms. The second-order valence-electron chi connectivity index (χ2n) is 8.34. The fourth-order valence-electron chi connectivity index (χ4n) is 3.72. The highest BCUT2D eigenvalue weighted by atomic mass is 127. The van der Waals surface area contributed by atoms with Crippen molar-refractivity contribution in [1.82, 2.24) is 4.90 Å². The number of nitrogens with zero attached hydrogens (tertiary/aromatic N) is 1. The highest BCUT2D eigenvalue weighted by Crippen LogP contribution is 2.38. The van der Waals surface area contributed by atoms with E-state index in [0.29, 0.717) is 41.0 Å². The number of anilines is 1. The second kappa shape index (κ2) is 12.7. The van der Waals surface area contributed by atoms with E-state index in [1.807, 2.05) is 38.1 Å². The van der Waals surface area contributed by atoms with Gasteiger partial charge in [-0.05, 0) is 89.7 Å². The van der Waals surface area contributed by atoms with E-state index in [1.165, 1.54) is 0 Å². The molecule has 10 heteroatoms. The first kappa shape index (κ1) is 28.0. The summed E-state index contributed by atoms with van der Waals surface area (Å²) >= 11 is 9.02. The molecule has 1 aliphatic heterocycles. The SMILES string of the molecule is CCOc1cc(/C=C2/SC(=O)N(CC(=O)Nc3ccccc3Cl)C2=O)cc(I)c1OCc1cccc(C)c1. The summed E-state index contributed by atoms with van der Waals surface area (Å²) in [6.07, 6.45) is 1.62. The molecular formula is C28H24ClIN2O5S. The van der Waals surface area contributed by atoms with Crippen LogP contribution in [0.4, 0.5) is 10.5 Å². The molecule has 0 atom stereocenters. The van der Waals surface area contributed by atoms with Crippen LogP contribution in [-0.2, 0) is 16.2 Å². The number of imide groups is 1. The third-order valence-electron chi connectivity index (χ3n) is 5.42. The van der Waals surface area contributed by atoms with E-state index >= 15 is 0 Å². The Hall–Kier alpha value is -3.02. The van der Waals surface area contributed by atoms with E-state index in [0.717, 1.165) is 31.4 Å². The standard InChI is InChI=1S/C28H24ClIN2O5S/c1-3-36-23-13-19(12-21(30)26(23)37-16-18-8-6-7-17(2)11-18)14-24-27(34)32(28(35)38-24)15-25(33)31-22-10-5-4-9-20(22)29/h4-14H,3,15-16H2,1-2H3,(H,31,33)/b24-14+. The maximum absolute atomic E-state index is 13.0. The molecule has 1 saturated heterocycles. The monoisotopic (exact) mass is 662 g/mol. The Balaban J connectivity index is 1.50. The Bertz CT molecular complexity index is 1430. The highest BCUT2D eigenvalue weighted by Gasteiger charge is 2.36. The molecule has 3 aromatic carbocycles. The molecule has 4 rings (SSSR count). The van der Waals surface area contributed by atoms with Crippen molar-refractivity contribution in [1.29, 1.82) is 0 Å². The summed E-state index contributed by atoms with van der Waals surface area (Å²) in [5, 5.41) is 2.47. The van der Waals surface area contributed by atoms with Gasteiger partial charge in [0.25, 0.3) is 11.1 Å². The topological polar surface area (TPSA) is 84.9 Å². The zero-order valence-electron chi connectivity index (χ0n) is 20.6. The molecule has 0 radical (unpaired) electrons. The van der Waals surface area contributed by atoms with Crippen LogP contribution in [0.3, 0.4) is 0 Å². The lowest BCUT2D eigenvalue weighted by molar-refractivity contribution is -0.127. The Morgan fingerprint density at radius 3 is 2.63 bits per heavy atom. The third-order valence-corrected chi connectivity index (χ3v) is 7.46. The number of ether oxygens (including phenoxy) is 2. The molecule has 3 amide bonds. The number of carbonyl (C=O) groups excluding carboxylic acids is 3. The van der Waals surface area contributed by atoms with Gasteiger partial charge in [0.15, 0.2) is 11.5 Å². The first-order chi connectivity index (χ1) is 18.2. The lowest BCUT2D eigenvalue weighted by Gasteiger charge is -2.15. The smallest absolute Gasteiger partial charge is 0.294 e. The van der Waals surface area contributed by atoms with Crippen molar-refractivity contribution in [3.63, 3.8) is 0 Å². The molecule has 196 valence electrons. The van der Waals surface area contributed by atoms with Gasteiger partial charge in [-0.1, -0.05) is 53.6 Å². The van der Waals surface area contributed by atoms with Crippen LogP contribution in [0.5, 0.6) is 11.5 Å². The average molecular weight is 663 g/mol. The summed E-state index contributed by atoms with van der Waals surface area (Å²) in [5.74, 6) is 0.0825. The van der Waals surface area contributed by atoms with Gasteiger partial charge in [-0.15, -0.1) is 0 Å². The van der Waals surface area contributed by atoms with Crippen LogP contribution in [-0.4, -0.2) is 35.1 Å².